The fourth-order valence-corrected chi connectivity index (χ4v) is 4.34. The van der Waals surface area contributed by atoms with Crippen LogP contribution in [0.25, 0.3) is 0 Å². The van der Waals surface area contributed by atoms with E-state index in [1.165, 1.54) is 4.72 Å². The van der Waals surface area contributed by atoms with E-state index in [4.69, 9.17) is 9.84 Å². The van der Waals surface area contributed by atoms with E-state index in [1.54, 1.807) is 30.3 Å². The van der Waals surface area contributed by atoms with Crippen LogP contribution in [-0.4, -0.2) is 65.2 Å². The van der Waals surface area contributed by atoms with Crippen molar-refractivity contribution in [2.75, 3.05) is 6.54 Å². The Labute approximate surface area is 192 Å². The highest BCUT2D eigenvalue weighted by molar-refractivity contribution is 7.90. The van der Waals surface area contributed by atoms with Crippen LogP contribution in [0.4, 0.5) is 9.59 Å². The van der Waals surface area contributed by atoms with E-state index >= 15 is 0 Å². The fraction of sp³-hybridized carbons (Fsp3) is 0.200. The average molecular weight is 493 g/mol. The van der Waals surface area contributed by atoms with E-state index < -0.39 is 68.4 Å². The maximum absolute atomic E-state index is 12.6. The second kappa shape index (κ2) is 9.66. The number of imide groups is 1. The van der Waals surface area contributed by atoms with Gasteiger partial charge in [0.15, 0.2) is 11.5 Å². The molecule has 13 nitrogen and oxygen atoms in total. The number of phenolic OH excluding ortho intramolecular Hbond substituents is 2. The molecule has 2 aromatic rings. The number of nitrogens with zero attached hydrogens (tertiary/aromatic N) is 1. The number of hydrogen-bond acceptors (Lipinski definition) is 9. The minimum absolute atomic E-state index is 0.0535. The number of β-lactam (4-membered cyclic amide) rings is 1. The zero-order valence-electron chi connectivity index (χ0n) is 17.3. The van der Waals surface area contributed by atoms with Gasteiger partial charge in [-0.05, 0) is 17.2 Å². The SMILES string of the molecule is O=C(O)Cc1ccc(O)c(O)c1S(=O)(=O)NC(=O)N1C[C@H](NC(=O)OCc2ccccc2)C1=O. The van der Waals surface area contributed by atoms with Crippen LogP contribution in [-0.2, 0) is 37.4 Å². The van der Waals surface area contributed by atoms with Crippen LogP contribution >= 0.6 is 0 Å². The van der Waals surface area contributed by atoms with E-state index in [2.05, 4.69) is 5.32 Å². The van der Waals surface area contributed by atoms with E-state index in [9.17, 15) is 37.8 Å². The van der Waals surface area contributed by atoms with Crippen molar-refractivity contribution in [1.82, 2.24) is 14.9 Å². The molecular weight excluding hydrogens is 474 g/mol. The van der Waals surface area contributed by atoms with E-state index in [-0.39, 0.29) is 13.2 Å². The molecule has 1 aliphatic heterocycles. The number of nitrogens with one attached hydrogen (secondary N) is 2. The number of urea groups is 1. The summed E-state index contributed by atoms with van der Waals surface area (Å²) in [5.41, 5.74) is 0.306. The average Bonchev–Trinajstić information content (AvgIpc) is 2.77. The maximum atomic E-state index is 12.6. The van der Waals surface area contributed by atoms with Crippen LogP contribution < -0.4 is 10.0 Å². The summed E-state index contributed by atoms with van der Waals surface area (Å²) in [5.74, 6) is -4.37. The Morgan fingerprint density at radius 2 is 1.76 bits per heavy atom. The lowest BCUT2D eigenvalue weighted by Gasteiger charge is -2.36. The van der Waals surface area contributed by atoms with Gasteiger partial charge < -0.3 is 25.4 Å². The number of hydrogen-bond donors (Lipinski definition) is 5. The second-order valence-electron chi connectivity index (χ2n) is 7.11. The van der Waals surface area contributed by atoms with Crippen LogP contribution in [0.15, 0.2) is 47.4 Å². The van der Waals surface area contributed by atoms with Gasteiger partial charge in [-0.15, -0.1) is 0 Å². The van der Waals surface area contributed by atoms with Crippen molar-refractivity contribution in [1.29, 1.82) is 0 Å². The van der Waals surface area contributed by atoms with E-state index in [0.717, 1.165) is 12.1 Å². The summed E-state index contributed by atoms with van der Waals surface area (Å²) in [6.07, 6.45) is -1.75. The predicted octanol–water partition coefficient (Wildman–Crippen LogP) is 0.260. The Bertz CT molecular complexity index is 1250. The standard InChI is InChI=1S/C20H19N3O10S/c24-14-7-6-12(8-15(25)26)17(16(14)27)34(31,32)22-19(29)23-9-13(18(23)28)21-20(30)33-10-11-4-2-1-3-5-11/h1-7,13,24,27H,8-10H2,(H,21,30)(H,22,29)(H,25,26)/t13-/m0/s1. The third kappa shape index (κ3) is 5.35. The summed E-state index contributed by atoms with van der Waals surface area (Å²) in [5, 5.41) is 30.8. The third-order valence-corrected chi connectivity index (χ3v) is 6.14. The second-order valence-corrected chi connectivity index (χ2v) is 8.73. The Hall–Kier alpha value is -4.33. The number of alkyl carbamates (subject to hydrolysis) is 1. The molecule has 0 radical (unpaired) electrons. The number of ether oxygens (including phenoxy) is 1. The number of carbonyl (C=O) groups excluding carboxylic acids is 3. The molecular formula is C20H19N3O10S. The Balaban J connectivity index is 1.61. The summed E-state index contributed by atoms with van der Waals surface area (Å²) >= 11 is 0. The molecule has 34 heavy (non-hydrogen) atoms. The lowest BCUT2D eigenvalue weighted by Crippen LogP contribution is -2.67. The molecule has 0 aliphatic carbocycles. The van der Waals surface area contributed by atoms with Crippen LogP contribution in [0.2, 0.25) is 0 Å². The molecule has 180 valence electrons. The minimum atomic E-state index is -4.89. The molecule has 0 saturated carbocycles. The zero-order valence-corrected chi connectivity index (χ0v) is 18.1. The van der Waals surface area contributed by atoms with Gasteiger partial charge in [-0.2, -0.15) is 0 Å². The molecule has 0 unspecified atom stereocenters. The fourth-order valence-electron chi connectivity index (χ4n) is 3.05. The van der Waals surface area contributed by atoms with Crippen molar-refractivity contribution >= 4 is 34.0 Å². The normalized spacial score (nSPS) is 15.2. The van der Waals surface area contributed by atoms with Crippen molar-refractivity contribution in [3.05, 3.63) is 53.6 Å². The van der Waals surface area contributed by atoms with Crippen molar-refractivity contribution < 1.29 is 47.7 Å². The monoisotopic (exact) mass is 493 g/mol. The zero-order chi connectivity index (χ0) is 25.0. The van der Waals surface area contributed by atoms with Gasteiger partial charge in [0, 0.05) is 0 Å². The van der Waals surface area contributed by atoms with Crippen LogP contribution in [0, 0.1) is 0 Å². The minimum Gasteiger partial charge on any atom is -0.504 e. The molecule has 1 heterocycles. The number of aliphatic carboxylic acids is 1. The van der Waals surface area contributed by atoms with Gasteiger partial charge in [0.25, 0.3) is 15.9 Å². The molecule has 1 atom stereocenters. The lowest BCUT2D eigenvalue weighted by molar-refractivity contribution is -0.139. The molecule has 14 heteroatoms. The molecule has 0 bridgehead atoms. The number of carboxylic acid groups (broad SMARTS) is 1. The first-order valence-corrected chi connectivity index (χ1v) is 11.1. The molecule has 0 aromatic heterocycles. The maximum Gasteiger partial charge on any atom is 0.408 e. The predicted molar refractivity (Wildman–Crippen MR) is 112 cm³/mol. The number of benzene rings is 2. The van der Waals surface area contributed by atoms with Crippen molar-refractivity contribution in [3.8, 4) is 11.5 Å². The number of aromatic hydroxyl groups is 2. The number of sulfonamides is 1. The molecule has 1 aliphatic rings. The van der Waals surface area contributed by atoms with Gasteiger partial charge in [0.05, 0.1) is 13.0 Å². The highest BCUT2D eigenvalue weighted by Gasteiger charge is 2.43. The van der Waals surface area contributed by atoms with Crippen molar-refractivity contribution in [2.24, 2.45) is 0 Å². The van der Waals surface area contributed by atoms with Gasteiger partial charge >= 0.3 is 18.1 Å². The van der Waals surface area contributed by atoms with Crippen molar-refractivity contribution in [2.45, 2.75) is 24.0 Å². The molecule has 5 N–H and O–H groups in total. The Morgan fingerprint density at radius 3 is 2.38 bits per heavy atom. The Kier molecular flexibility index (Phi) is 6.91. The van der Waals surface area contributed by atoms with Gasteiger partial charge in [-0.3, -0.25) is 14.5 Å². The summed E-state index contributed by atoms with van der Waals surface area (Å²) < 4.78 is 31.8. The van der Waals surface area contributed by atoms with E-state index in [1.807, 2.05) is 0 Å². The first-order valence-electron chi connectivity index (χ1n) is 9.60. The van der Waals surface area contributed by atoms with Gasteiger partial charge in [0.2, 0.25) is 0 Å². The number of amides is 4. The first-order chi connectivity index (χ1) is 16.0. The van der Waals surface area contributed by atoms with E-state index in [0.29, 0.717) is 10.5 Å². The number of carboxylic acids is 1. The number of rotatable bonds is 7. The number of likely N-dealkylation sites (tertiary alicyclic amines) is 1. The molecule has 2 aromatic carbocycles. The molecule has 1 fully saturated rings. The van der Waals surface area contributed by atoms with Gasteiger partial charge in [-0.1, -0.05) is 36.4 Å². The summed E-state index contributed by atoms with van der Waals surface area (Å²) in [7, 11) is -4.89. The first kappa shape index (κ1) is 24.3. The number of phenols is 2. The topological polar surface area (TPSA) is 200 Å². The van der Waals surface area contributed by atoms with Crippen molar-refractivity contribution in [3.63, 3.8) is 0 Å². The van der Waals surface area contributed by atoms with Gasteiger partial charge in [-0.25, -0.2) is 22.7 Å². The molecule has 3 rings (SSSR count). The molecule has 1 saturated heterocycles. The van der Waals surface area contributed by atoms with Crippen LogP contribution in [0.1, 0.15) is 11.1 Å². The smallest absolute Gasteiger partial charge is 0.408 e. The van der Waals surface area contributed by atoms with Crippen LogP contribution in [0.3, 0.4) is 0 Å². The summed E-state index contributed by atoms with van der Waals surface area (Å²) in [6, 6.07) is 8.04. The molecule has 4 amide bonds. The Morgan fingerprint density at radius 1 is 1.09 bits per heavy atom. The summed E-state index contributed by atoms with van der Waals surface area (Å²) in [6.45, 7) is -0.420. The van der Waals surface area contributed by atoms with Gasteiger partial charge in [0.1, 0.15) is 17.5 Å². The highest BCUT2D eigenvalue weighted by atomic mass is 32.2. The summed E-state index contributed by atoms with van der Waals surface area (Å²) in [4.78, 5) is 46.8. The lowest BCUT2D eigenvalue weighted by atomic mass is 10.1. The number of carbonyl (C=O) groups is 4. The quantitative estimate of drug-likeness (QED) is 0.263. The third-order valence-electron chi connectivity index (χ3n) is 4.70. The highest BCUT2D eigenvalue weighted by Crippen LogP contribution is 2.35. The largest absolute Gasteiger partial charge is 0.504 e. The molecule has 0 spiro atoms. The van der Waals surface area contributed by atoms with Crippen LogP contribution in [0.5, 0.6) is 11.5 Å².